The van der Waals surface area contributed by atoms with Crippen molar-refractivity contribution in [3.05, 3.63) is 17.7 Å². The van der Waals surface area contributed by atoms with Crippen molar-refractivity contribution in [3.63, 3.8) is 0 Å². The molecule has 0 fully saturated rings. The molecule has 0 saturated heterocycles. The van der Waals surface area contributed by atoms with E-state index < -0.39 is 0 Å². The number of hydrogen-bond donors (Lipinski definition) is 1. The van der Waals surface area contributed by atoms with Crippen LogP contribution in [0.15, 0.2) is 12.1 Å². The van der Waals surface area contributed by atoms with Gasteiger partial charge < -0.3 is 19.9 Å². The maximum Gasteiger partial charge on any atom is 0.310 e. The Morgan fingerprint density at radius 2 is 1.45 bits per heavy atom. The summed E-state index contributed by atoms with van der Waals surface area (Å²) in [5.74, 6) is 0.863. The molecular formula is C17H27NO4. The van der Waals surface area contributed by atoms with Crippen molar-refractivity contribution in [1.29, 1.82) is 0 Å². The van der Waals surface area contributed by atoms with Crippen molar-refractivity contribution < 1.29 is 19.0 Å². The van der Waals surface area contributed by atoms with Crippen LogP contribution in [0, 0.1) is 0 Å². The second kappa shape index (κ2) is 7.92. The lowest BCUT2D eigenvalue weighted by atomic mass is 10.1. The zero-order chi connectivity index (χ0) is 16.9. The van der Waals surface area contributed by atoms with Crippen molar-refractivity contribution in [2.75, 3.05) is 5.73 Å². The molecule has 0 aliphatic carbocycles. The Bertz CT molecular complexity index is 510. The molecule has 22 heavy (non-hydrogen) atoms. The van der Waals surface area contributed by atoms with E-state index in [0.717, 1.165) is 0 Å². The van der Waals surface area contributed by atoms with Crippen molar-refractivity contribution in [1.82, 2.24) is 0 Å². The lowest BCUT2D eigenvalue weighted by Crippen LogP contribution is -2.16. The fourth-order valence-electron chi connectivity index (χ4n) is 1.92. The van der Waals surface area contributed by atoms with Crippen LogP contribution in [0.4, 0.5) is 5.69 Å². The number of rotatable bonds is 7. The quantitative estimate of drug-likeness (QED) is 0.618. The van der Waals surface area contributed by atoms with Gasteiger partial charge in [-0.1, -0.05) is 0 Å². The van der Waals surface area contributed by atoms with E-state index in [4.69, 9.17) is 19.9 Å². The highest BCUT2D eigenvalue weighted by Gasteiger charge is 2.16. The molecule has 0 aliphatic rings. The molecule has 0 atom stereocenters. The maximum atomic E-state index is 11.8. The minimum atomic E-state index is -0.310. The predicted molar refractivity (Wildman–Crippen MR) is 87.3 cm³/mol. The standard InChI is InChI=1S/C17H27NO4/c1-10(2)20-15-7-13(8-17(19)22-12(5)6)14(18)9-16(15)21-11(3)4/h7,9-12H,8,18H2,1-6H3. The smallest absolute Gasteiger partial charge is 0.310 e. The Kier molecular flexibility index (Phi) is 6.53. The first kappa shape index (κ1) is 18.1. The number of ether oxygens (including phenoxy) is 3. The van der Waals surface area contributed by atoms with Crippen LogP contribution in [-0.4, -0.2) is 24.3 Å². The van der Waals surface area contributed by atoms with Crippen LogP contribution < -0.4 is 15.2 Å². The second-order valence-corrected chi connectivity index (χ2v) is 6.05. The average molecular weight is 309 g/mol. The molecule has 0 amide bonds. The van der Waals surface area contributed by atoms with Crippen LogP contribution in [0.25, 0.3) is 0 Å². The molecule has 0 unspecified atom stereocenters. The molecule has 1 rings (SSSR count). The van der Waals surface area contributed by atoms with Gasteiger partial charge in [-0.3, -0.25) is 4.79 Å². The third kappa shape index (κ3) is 5.84. The number of carbonyl (C=O) groups is 1. The third-order valence-corrected chi connectivity index (χ3v) is 2.63. The van der Waals surface area contributed by atoms with Crippen molar-refractivity contribution in [3.8, 4) is 11.5 Å². The maximum absolute atomic E-state index is 11.8. The van der Waals surface area contributed by atoms with Crippen LogP contribution in [-0.2, 0) is 16.0 Å². The number of benzene rings is 1. The van der Waals surface area contributed by atoms with E-state index in [1.54, 1.807) is 12.1 Å². The van der Waals surface area contributed by atoms with Crippen LogP contribution in [0.1, 0.15) is 47.1 Å². The van der Waals surface area contributed by atoms with Gasteiger partial charge in [-0.15, -0.1) is 0 Å². The number of carbonyl (C=O) groups excluding carboxylic acids is 1. The summed E-state index contributed by atoms with van der Waals surface area (Å²) in [5.41, 5.74) is 7.20. The Labute approximate surface area is 132 Å². The first-order valence-corrected chi connectivity index (χ1v) is 7.64. The molecule has 1 aromatic carbocycles. The van der Waals surface area contributed by atoms with Crippen LogP contribution in [0.3, 0.4) is 0 Å². The second-order valence-electron chi connectivity index (χ2n) is 6.05. The summed E-state index contributed by atoms with van der Waals surface area (Å²) in [6.07, 6.45) is -0.0385. The Morgan fingerprint density at radius 1 is 0.955 bits per heavy atom. The first-order valence-electron chi connectivity index (χ1n) is 7.64. The third-order valence-electron chi connectivity index (χ3n) is 2.63. The largest absolute Gasteiger partial charge is 0.487 e. The number of nitrogen functional groups attached to an aromatic ring is 1. The summed E-state index contributed by atoms with van der Waals surface area (Å²) in [4.78, 5) is 11.8. The van der Waals surface area contributed by atoms with E-state index in [1.807, 2.05) is 41.5 Å². The van der Waals surface area contributed by atoms with E-state index in [2.05, 4.69) is 0 Å². The molecular weight excluding hydrogens is 282 g/mol. The topological polar surface area (TPSA) is 70.8 Å². The van der Waals surface area contributed by atoms with Gasteiger partial charge in [0.2, 0.25) is 0 Å². The number of hydrogen-bond acceptors (Lipinski definition) is 5. The lowest BCUT2D eigenvalue weighted by molar-refractivity contribution is -0.146. The molecule has 1 aromatic rings. The summed E-state index contributed by atoms with van der Waals surface area (Å²) >= 11 is 0. The SMILES string of the molecule is CC(C)OC(=O)Cc1cc(OC(C)C)c(OC(C)C)cc1N. The van der Waals surface area contributed by atoms with Crippen molar-refractivity contribution >= 4 is 11.7 Å². The summed E-state index contributed by atoms with van der Waals surface area (Å²) in [5, 5.41) is 0. The number of anilines is 1. The Balaban J connectivity index is 3.05. The van der Waals surface area contributed by atoms with Gasteiger partial charge in [0.25, 0.3) is 0 Å². The fourth-order valence-corrected chi connectivity index (χ4v) is 1.92. The van der Waals surface area contributed by atoms with E-state index >= 15 is 0 Å². The van der Waals surface area contributed by atoms with E-state index in [9.17, 15) is 4.79 Å². The number of esters is 1. The summed E-state index contributed by atoms with van der Waals surface area (Å²) in [6.45, 7) is 11.4. The van der Waals surface area contributed by atoms with E-state index in [-0.39, 0.29) is 30.7 Å². The fraction of sp³-hybridized carbons (Fsp3) is 0.588. The molecule has 0 radical (unpaired) electrons. The van der Waals surface area contributed by atoms with Gasteiger partial charge in [0.05, 0.1) is 24.7 Å². The first-order chi connectivity index (χ1) is 10.2. The van der Waals surface area contributed by atoms with Gasteiger partial charge in [-0.05, 0) is 53.2 Å². The van der Waals surface area contributed by atoms with Crippen LogP contribution in [0.5, 0.6) is 11.5 Å². The molecule has 0 bridgehead atoms. The molecule has 0 spiro atoms. The minimum Gasteiger partial charge on any atom is -0.487 e. The average Bonchev–Trinajstić information content (AvgIpc) is 2.32. The summed E-state index contributed by atoms with van der Waals surface area (Å²) < 4.78 is 16.7. The molecule has 5 nitrogen and oxygen atoms in total. The highest BCUT2D eigenvalue weighted by molar-refractivity contribution is 5.76. The molecule has 5 heteroatoms. The molecule has 0 heterocycles. The summed E-state index contributed by atoms with van der Waals surface area (Å²) in [6, 6.07) is 3.46. The number of nitrogens with two attached hydrogens (primary N) is 1. The molecule has 2 N–H and O–H groups in total. The molecule has 0 aromatic heterocycles. The van der Waals surface area contributed by atoms with E-state index in [0.29, 0.717) is 22.7 Å². The van der Waals surface area contributed by atoms with Gasteiger partial charge in [0.15, 0.2) is 11.5 Å². The van der Waals surface area contributed by atoms with Crippen molar-refractivity contribution in [2.24, 2.45) is 0 Å². The monoisotopic (exact) mass is 309 g/mol. The van der Waals surface area contributed by atoms with Gasteiger partial charge in [-0.2, -0.15) is 0 Å². The van der Waals surface area contributed by atoms with Crippen LogP contribution >= 0.6 is 0 Å². The normalized spacial score (nSPS) is 11.1. The molecule has 0 saturated carbocycles. The Morgan fingerprint density at radius 3 is 1.91 bits per heavy atom. The van der Waals surface area contributed by atoms with E-state index in [1.165, 1.54) is 0 Å². The summed E-state index contributed by atoms with van der Waals surface area (Å²) in [7, 11) is 0. The van der Waals surface area contributed by atoms with Gasteiger partial charge >= 0.3 is 5.97 Å². The molecule has 124 valence electrons. The van der Waals surface area contributed by atoms with Crippen LogP contribution in [0.2, 0.25) is 0 Å². The highest BCUT2D eigenvalue weighted by atomic mass is 16.5. The zero-order valence-corrected chi connectivity index (χ0v) is 14.3. The lowest BCUT2D eigenvalue weighted by Gasteiger charge is -2.19. The predicted octanol–water partition coefficient (Wildman–Crippen LogP) is 3.34. The van der Waals surface area contributed by atoms with Crippen molar-refractivity contribution in [2.45, 2.75) is 66.3 Å². The Hall–Kier alpha value is -1.91. The molecule has 0 aliphatic heterocycles. The van der Waals surface area contributed by atoms with Gasteiger partial charge in [0, 0.05) is 11.8 Å². The van der Waals surface area contributed by atoms with Gasteiger partial charge in [0.1, 0.15) is 0 Å². The minimum absolute atomic E-state index is 0.00525. The zero-order valence-electron chi connectivity index (χ0n) is 14.3. The highest BCUT2D eigenvalue weighted by Crippen LogP contribution is 2.34. The van der Waals surface area contributed by atoms with Gasteiger partial charge in [-0.25, -0.2) is 0 Å².